The molecule has 2 aromatic rings. The highest BCUT2D eigenvalue weighted by Gasteiger charge is 2.27. The minimum Gasteiger partial charge on any atom is -0.482 e. The van der Waals surface area contributed by atoms with E-state index in [2.05, 4.69) is 11.8 Å². The molecule has 0 unspecified atom stereocenters. The van der Waals surface area contributed by atoms with Crippen molar-refractivity contribution in [3.05, 3.63) is 47.9 Å². The second-order valence-corrected chi connectivity index (χ2v) is 6.73. The number of carbonyl (C=O) groups is 2. The van der Waals surface area contributed by atoms with Gasteiger partial charge >= 0.3 is 0 Å². The van der Waals surface area contributed by atoms with Gasteiger partial charge in [-0.1, -0.05) is 19.1 Å². The highest BCUT2D eigenvalue weighted by atomic mass is 16.5. The summed E-state index contributed by atoms with van der Waals surface area (Å²) >= 11 is 0. The fourth-order valence-corrected chi connectivity index (χ4v) is 3.48. The van der Waals surface area contributed by atoms with Crippen molar-refractivity contribution in [3.8, 4) is 5.75 Å². The largest absolute Gasteiger partial charge is 0.482 e. The topological polar surface area (TPSA) is 66.2 Å². The number of nitrogens with zero attached hydrogens (tertiary/aromatic N) is 3. The van der Waals surface area contributed by atoms with Gasteiger partial charge in [0.2, 0.25) is 0 Å². The van der Waals surface area contributed by atoms with Gasteiger partial charge in [0.05, 0.1) is 12.2 Å². The molecule has 0 radical (unpaired) electrons. The summed E-state index contributed by atoms with van der Waals surface area (Å²) in [5, 5.41) is 0. The zero-order valence-corrected chi connectivity index (χ0v) is 15.4. The van der Waals surface area contributed by atoms with Gasteiger partial charge in [0.25, 0.3) is 11.8 Å². The maximum atomic E-state index is 12.7. The van der Waals surface area contributed by atoms with E-state index in [1.165, 1.54) is 0 Å². The zero-order valence-electron chi connectivity index (χ0n) is 15.4. The summed E-state index contributed by atoms with van der Waals surface area (Å²) in [5.74, 6) is 1.35. The van der Waals surface area contributed by atoms with Crippen LogP contribution in [0.15, 0.2) is 40.8 Å². The van der Waals surface area contributed by atoms with E-state index in [4.69, 9.17) is 9.15 Å². The number of ether oxygens (including phenoxy) is 1. The molecule has 0 bridgehead atoms. The van der Waals surface area contributed by atoms with Crippen molar-refractivity contribution in [2.45, 2.75) is 13.5 Å². The lowest BCUT2D eigenvalue weighted by Crippen LogP contribution is -2.48. The summed E-state index contributed by atoms with van der Waals surface area (Å²) in [6.07, 6.45) is 0. The third-order valence-electron chi connectivity index (χ3n) is 5.10. The molecule has 0 spiro atoms. The Kier molecular flexibility index (Phi) is 4.85. The van der Waals surface area contributed by atoms with E-state index in [1.807, 2.05) is 29.2 Å². The third-order valence-corrected chi connectivity index (χ3v) is 5.10. The van der Waals surface area contributed by atoms with Crippen LogP contribution in [0.25, 0.3) is 0 Å². The van der Waals surface area contributed by atoms with Gasteiger partial charge in [-0.15, -0.1) is 0 Å². The van der Waals surface area contributed by atoms with Crippen molar-refractivity contribution in [1.82, 2.24) is 9.80 Å². The molecular weight excluding hydrogens is 346 g/mol. The Morgan fingerprint density at radius 3 is 2.63 bits per heavy atom. The van der Waals surface area contributed by atoms with E-state index in [0.29, 0.717) is 36.0 Å². The van der Waals surface area contributed by atoms with Crippen LogP contribution in [-0.2, 0) is 11.3 Å². The predicted octanol–water partition coefficient (Wildman–Crippen LogP) is 1.98. The maximum Gasteiger partial charge on any atom is 0.289 e. The van der Waals surface area contributed by atoms with Crippen LogP contribution in [0.2, 0.25) is 0 Å². The molecule has 2 amide bonds. The van der Waals surface area contributed by atoms with Gasteiger partial charge in [-0.25, -0.2) is 0 Å². The number of rotatable bonds is 4. The third kappa shape index (κ3) is 3.55. The highest BCUT2D eigenvalue weighted by Crippen LogP contribution is 2.32. The molecule has 7 nitrogen and oxygen atoms in total. The Bertz CT molecular complexity index is 839. The summed E-state index contributed by atoms with van der Waals surface area (Å²) in [5.41, 5.74) is 0.716. The van der Waals surface area contributed by atoms with Crippen molar-refractivity contribution in [1.29, 1.82) is 0 Å². The molecule has 7 heteroatoms. The van der Waals surface area contributed by atoms with E-state index in [1.54, 1.807) is 17.0 Å². The second kappa shape index (κ2) is 7.44. The molecule has 1 aromatic heterocycles. The number of piperazine rings is 1. The van der Waals surface area contributed by atoms with E-state index < -0.39 is 0 Å². The average molecular weight is 369 g/mol. The van der Waals surface area contributed by atoms with Crippen LogP contribution in [0.4, 0.5) is 5.69 Å². The molecule has 142 valence electrons. The molecule has 2 aliphatic heterocycles. The van der Waals surface area contributed by atoms with E-state index in [9.17, 15) is 9.59 Å². The zero-order chi connectivity index (χ0) is 18.8. The molecule has 0 saturated carbocycles. The Morgan fingerprint density at radius 1 is 1.07 bits per heavy atom. The molecule has 0 aliphatic carbocycles. The van der Waals surface area contributed by atoms with Crippen molar-refractivity contribution >= 4 is 17.5 Å². The normalized spacial score (nSPS) is 17.6. The monoisotopic (exact) mass is 369 g/mol. The van der Waals surface area contributed by atoms with Gasteiger partial charge in [-0.2, -0.15) is 0 Å². The summed E-state index contributed by atoms with van der Waals surface area (Å²) in [4.78, 5) is 30.7. The first kappa shape index (κ1) is 17.6. The van der Waals surface area contributed by atoms with Gasteiger partial charge in [0, 0.05) is 26.2 Å². The lowest BCUT2D eigenvalue weighted by Gasteiger charge is -2.33. The number of para-hydroxylation sites is 2. The van der Waals surface area contributed by atoms with Crippen LogP contribution in [0.1, 0.15) is 23.2 Å². The van der Waals surface area contributed by atoms with Crippen LogP contribution in [-0.4, -0.2) is 60.9 Å². The first-order chi connectivity index (χ1) is 13.2. The van der Waals surface area contributed by atoms with Crippen molar-refractivity contribution in [2.24, 2.45) is 0 Å². The van der Waals surface area contributed by atoms with Crippen molar-refractivity contribution < 1.29 is 18.7 Å². The van der Waals surface area contributed by atoms with Crippen LogP contribution in [0.5, 0.6) is 5.75 Å². The lowest BCUT2D eigenvalue weighted by atomic mass is 10.2. The number of fused-ring (bicyclic) bond motifs is 1. The summed E-state index contributed by atoms with van der Waals surface area (Å²) < 4.78 is 11.2. The lowest BCUT2D eigenvalue weighted by molar-refractivity contribution is -0.121. The standard InChI is InChI=1S/C20H23N3O4/c1-2-21-9-11-22(12-10-21)20(25)18-8-7-15(27-18)13-23-16-5-3-4-6-17(16)26-14-19(23)24/h3-8H,2,9-14H2,1H3. The van der Waals surface area contributed by atoms with Crippen LogP contribution in [0, 0.1) is 0 Å². The van der Waals surface area contributed by atoms with Gasteiger partial charge < -0.3 is 19.0 Å². The van der Waals surface area contributed by atoms with Gasteiger partial charge in [0.15, 0.2) is 12.4 Å². The molecule has 3 heterocycles. The fourth-order valence-electron chi connectivity index (χ4n) is 3.48. The van der Waals surface area contributed by atoms with Crippen LogP contribution < -0.4 is 9.64 Å². The predicted molar refractivity (Wildman–Crippen MR) is 99.9 cm³/mol. The van der Waals surface area contributed by atoms with Crippen molar-refractivity contribution in [2.75, 3.05) is 44.2 Å². The second-order valence-electron chi connectivity index (χ2n) is 6.73. The Labute approximate surface area is 158 Å². The highest BCUT2D eigenvalue weighted by molar-refractivity contribution is 5.97. The molecule has 4 rings (SSSR count). The van der Waals surface area contributed by atoms with Crippen LogP contribution >= 0.6 is 0 Å². The number of carbonyl (C=O) groups excluding carboxylic acids is 2. The fraction of sp³-hybridized carbons (Fsp3) is 0.400. The van der Waals surface area contributed by atoms with Gasteiger partial charge in [-0.05, 0) is 30.8 Å². The van der Waals surface area contributed by atoms with Gasteiger partial charge in [0.1, 0.15) is 11.5 Å². The minimum absolute atomic E-state index is 0.00517. The Balaban J connectivity index is 1.46. The van der Waals surface area contributed by atoms with E-state index in [0.717, 1.165) is 19.6 Å². The number of hydrogen-bond acceptors (Lipinski definition) is 5. The molecule has 1 aromatic carbocycles. The number of hydrogen-bond donors (Lipinski definition) is 0. The Hall–Kier alpha value is -2.80. The number of anilines is 1. The SMILES string of the molecule is CCN1CCN(C(=O)c2ccc(CN3C(=O)COc4ccccc43)o2)CC1. The number of amides is 2. The molecule has 0 N–H and O–H groups in total. The average Bonchev–Trinajstić information content (AvgIpc) is 3.18. The number of likely N-dealkylation sites (N-methyl/N-ethyl adjacent to an activating group) is 1. The van der Waals surface area contributed by atoms with E-state index in [-0.39, 0.29) is 25.0 Å². The van der Waals surface area contributed by atoms with E-state index >= 15 is 0 Å². The molecule has 1 saturated heterocycles. The quantitative estimate of drug-likeness (QED) is 0.825. The molecule has 1 fully saturated rings. The summed E-state index contributed by atoms with van der Waals surface area (Å²) in [6, 6.07) is 10.9. The van der Waals surface area contributed by atoms with Crippen molar-refractivity contribution in [3.63, 3.8) is 0 Å². The smallest absolute Gasteiger partial charge is 0.289 e. The molecule has 2 aliphatic rings. The van der Waals surface area contributed by atoms with Gasteiger partial charge in [-0.3, -0.25) is 14.5 Å². The number of furan rings is 1. The number of benzene rings is 1. The maximum absolute atomic E-state index is 12.7. The summed E-state index contributed by atoms with van der Waals surface area (Å²) in [6.45, 7) is 6.59. The first-order valence-corrected chi connectivity index (χ1v) is 9.28. The van der Waals surface area contributed by atoms with Crippen LogP contribution in [0.3, 0.4) is 0 Å². The molecule has 0 atom stereocenters. The minimum atomic E-state index is -0.131. The molecular formula is C20H23N3O4. The molecule has 27 heavy (non-hydrogen) atoms. The Morgan fingerprint density at radius 2 is 1.85 bits per heavy atom. The first-order valence-electron chi connectivity index (χ1n) is 9.28. The summed E-state index contributed by atoms with van der Waals surface area (Å²) in [7, 11) is 0.